The summed E-state index contributed by atoms with van der Waals surface area (Å²) in [5, 5.41) is 9.11. The molecule has 2 aliphatic rings. The van der Waals surface area contributed by atoms with Crippen LogP contribution in [-0.4, -0.2) is 42.7 Å². The molecule has 4 heteroatoms. The first-order chi connectivity index (χ1) is 10.7. The summed E-state index contributed by atoms with van der Waals surface area (Å²) in [5.41, 5.74) is 3.40. The largest absolute Gasteiger partial charge is 0.497 e. The fourth-order valence-corrected chi connectivity index (χ4v) is 3.58. The average Bonchev–Trinajstić information content (AvgIpc) is 2.95. The molecule has 1 unspecified atom stereocenters. The number of fused-ring (bicyclic) bond motifs is 1. The second-order valence-corrected chi connectivity index (χ2v) is 6.19. The van der Waals surface area contributed by atoms with Crippen LogP contribution in [0, 0.1) is 0 Å². The summed E-state index contributed by atoms with van der Waals surface area (Å²) in [6.07, 6.45) is 6.13. The smallest absolute Gasteiger partial charge is 0.332 e. The number of aliphatic carboxylic acids is 1. The van der Waals surface area contributed by atoms with E-state index in [-0.39, 0.29) is 0 Å². The number of hydrogen-bond acceptors (Lipinski definition) is 3. The van der Waals surface area contributed by atoms with E-state index in [1.807, 2.05) is 12.1 Å². The summed E-state index contributed by atoms with van der Waals surface area (Å²) in [6.45, 7) is 2.51. The molecule has 0 aromatic heterocycles. The number of aryl methyl sites for hydroxylation is 1. The zero-order valence-corrected chi connectivity index (χ0v) is 13.0. The van der Waals surface area contributed by atoms with Gasteiger partial charge in [-0.3, -0.25) is 4.90 Å². The van der Waals surface area contributed by atoms with Gasteiger partial charge in [-0.25, -0.2) is 4.79 Å². The maximum Gasteiger partial charge on any atom is 0.332 e. The molecule has 22 heavy (non-hydrogen) atoms. The zero-order valence-electron chi connectivity index (χ0n) is 13.0. The van der Waals surface area contributed by atoms with Crippen LogP contribution in [0.1, 0.15) is 36.3 Å². The van der Waals surface area contributed by atoms with Gasteiger partial charge in [0.05, 0.1) is 7.11 Å². The topological polar surface area (TPSA) is 49.8 Å². The van der Waals surface area contributed by atoms with Gasteiger partial charge < -0.3 is 9.84 Å². The van der Waals surface area contributed by atoms with Gasteiger partial charge in [-0.1, -0.05) is 12.1 Å². The molecule has 0 saturated heterocycles. The Bertz CT molecular complexity index is 594. The van der Waals surface area contributed by atoms with Crippen LogP contribution in [0.3, 0.4) is 0 Å². The van der Waals surface area contributed by atoms with Gasteiger partial charge in [0.15, 0.2) is 0 Å². The van der Waals surface area contributed by atoms with E-state index >= 15 is 0 Å². The van der Waals surface area contributed by atoms with Crippen molar-refractivity contribution < 1.29 is 14.6 Å². The van der Waals surface area contributed by atoms with Crippen molar-refractivity contribution in [1.29, 1.82) is 0 Å². The van der Waals surface area contributed by atoms with Crippen LogP contribution in [0.15, 0.2) is 29.8 Å². The fourth-order valence-electron chi connectivity index (χ4n) is 3.58. The first kappa shape index (κ1) is 15.1. The van der Waals surface area contributed by atoms with Crippen molar-refractivity contribution >= 4 is 5.97 Å². The molecule has 0 bridgehead atoms. The molecule has 1 aromatic carbocycles. The molecular weight excluding hydrogens is 278 g/mol. The standard InChI is InChI=1S/C18H23NO3/c1-22-16-7-6-13-4-5-14(17(13)11-16)8-10-19-9-2-3-15(12-19)18(20)21/h3,6-7,11,14H,2,4-5,8-10,12H2,1H3,(H,20,21). The number of carbonyl (C=O) groups is 1. The molecule has 0 radical (unpaired) electrons. The van der Waals surface area contributed by atoms with E-state index in [2.05, 4.69) is 17.0 Å². The molecule has 1 heterocycles. The Kier molecular flexibility index (Phi) is 4.48. The van der Waals surface area contributed by atoms with Crippen LogP contribution in [-0.2, 0) is 11.2 Å². The van der Waals surface area contributed by atoms with Crippen LogP contribution in [0.25, 0.3) is 0 Å². The summed E-state index contributed by atoms with van der Waals surface area (Å²) in [5.74, 6) is 0.727. The molecule has 0 spiro atoms. The Balaban J connectivity index is 1.60. The second kappa shape index (κ2) is 6.53. The number of hydrogen-bond donors (Lipinski definition) is 1. The number of rotatable bonds is 5. The lowest BCUT2D eigenvalue weighted by Crippen LogP contribution is -2.33. The molecule has 0 saturated carbocycles. The van der Waals surface area contributed by atoms with Gasteiger partial charge in [-0.05, 0) is 61.4 Å². The Morgan fingerprint density at radius 3 is 3.09 bits per heavy atom. The van der Waals surface area contributed by atoms with Gasteiger partial charge in [0.2, 0.25) is 0 Å². The van der Waals surface area contributed by atoms with Gasteiger partial charge >= 0.3 is 5.97 Å². The summed E-state index contributed by atoms with van der Waals surface area (Å²) in [7, 11) is 1.71. The molecule has 1 aliphatic heterocycles. The molecule has 4 nitrogen and oxygen atoms in total. The molecule has 1 atom stereocenters. The van der Waals surface area contributed by atoms with Crippen LogP contribution < -0.4 is 4.74 Å². The van der Waals surface area contributed by atoms with Crippen LogP contribution in [0.5, 0.6) is 5.75 Å². The first-order valence-corrected chi connectivity index (χ1v) is 7.99. The molecule has 1 aliphatic carbocycles. The molecule has 0 amide bonds. The van der Waals surface area contributed by atoms with Gasteiger partial charge in [-0.2, -0.15) is 0 Å². The van der Waals surface area contributed by atoms with E-state index in [1.165, 1.54) is 17.5 Å². The zero-order chi connectivity index (χ0) is 15.5. The monoisotopic (exact) mass is 301 g/mol. The van der Waals surface area contributed by atoms with Gasteiger partial charge in [0.25, 0.3) is 0 Å². The van der Waals surface area contributed by atoms with Crippen molar-refractivity contribution in [2.24, 2.45) is 0 Å². The Labute approximate surface area is 131 Å². The highest BCUT2D eigenvalue weighted by molar-refractivity contribution is 5.87. The van der Waals surface area contributed by atoms with Crippen molar-refractivity contribution in [2.75, 3.05) is 26.7 Å². The summed E-state index contributed by atoms with van der Waals surface area (Å²) < 4.78 is 5.34. The van der Waals surface area contributed by atoms with Crippen molar-refractivity contribution in [3.63, 3.8) is 0 Å². The van der Waals surface area contributed by atoms with Gasteiger partial charge in [-0.15, -0.1) is 0 Å². The quantitative estimate of drug-likeness (QED) is 0.908. The van der Waals surface area contributed by atoms with Crippen LogP contribution >= 0.6 is 0 Å². The normalized spacial score (nSPS) is 21.3. The highest BCUT2D eigenvalue weighted by Gasteiger charge is 2.24. The van der Waals surface area contributed by atoms with Crippen LogP contribution in [0.4, 0.5) is 0 Å². The highest BCUT2D eigenvalue weighted by atomic mass is 16.5. The molecule has 1 aromatic rings. The highest BCUT2D eigenvalue weighted by Crippen LogP contribution is 2.37. The maximum absolute atomic E-state index is 11.1. The summed E-state index contributed by atoms with van der Waals surface area (Å²) in [6, 6.07) is 6.39. The molecule has 1 N–H and O–H groups in total. The SMILES string of the molecule is COc1ccc2c(c1)C(CCN1CCC=C(C(=O)O)C1)CC2. The summed E-state index contributed by atoms with van der Waals surface area (Å²) in [4.78, 5) is 13.4. The molecular formula is C18H23NO3. The Morgan fingerprint density at radius 1 is 1.45 bits per heavy atom. The molecule has 0 fully saturated rings. The second-order valence-electron chi connectivity index (χ2n) is 6.19. The van der Waals surface area contributed by atoms with Gasteiger partial charge in [0.1, 0.15) is 5.75 Å². The average molecular weight is 301 g/mol. The van der Waals surface area contributed by atoms with E-state index in [4.69, 9.17) is 9.84 Å². The summed E-state index contributed by atoms with van der Waals surface area (Å²) >= 11 is 0. The predicted octanol–water partition coefficient (Wildman–Crippen LogP) is 2.83. The molecule has 3 rings (SSSR count). The third-order valence-corrected chi connectivity index (χ3v) is 4.85. The van der Waals surface area contributed by atoms with Crippen molar-refractivity contribution in [2.45, 2.75) is 31.6 Å². The van der Waals surface area contributed by atoms with Crippen molar-refractivity contribution in [1.82, 2.24) is 4.90 Å². The number of methoxy groups -OCH3 is 1. The third-order valence-electron chi connectivity index (χ3n) is 4.85. The number of carboxylic acids is 1. The lowest BCUT2D eigenvalue weighted by Gasteiger charge is -2.27. The lowest BCUT2D eigenvalue weighted by atomic mass is 9.97. The fraction of sp³-hybridized carbons (Fsp3) is 0.500. The maximum atomic E-state index is 11.1. The number of ether oxygens (including phenoxy) is 1. The minimum Gasteiger partial charge on any atom is -0.497 e. The van der Waals surface area contributed by atoms with Crippen LogP contribution in [0.2, 0.25) is 0 Å². The predicted molar refractivity (Wildman–Crippen MR) is 85.4 cm³/mol. The van der Waals surface area contributed by atoms with E-state index in [0.717, 1.165) is 38.1 Å². The van der Waals surface area contributed by atoms with Gasteiger partial charge in [0, 0.05) is 18.7 Å². The number of carboxylic acid groups (broad SMARTS) is 1. The molecule has 118 valence electrons. The van der Waals surface area contributed by atoms with E-state index < -0.39 is 5.97 Å². The van der Waals surface area contributed by atoms with E-state index in [9.17, 15) is 4.79 Å². The first-order valence-electron chi connectivity index (χ1n) is 7.99. The Hall–Kier alpha value is -1.81. The Morgan fingerprint density at radius 2 is 2.32 bits per heavy atom. The number of benzene rings is 1. The minimum atomic E-state index is -0.777. The van der Waals surface area contributed by atoms with E-state index in [1.54, 1.807) is 7.11 Å². The lowest BCUT2D eigenvalue weighted by molar-refractivity contribution is -0.133. The van der Waals surface area contributed by atoms with Crippen molar-refractivity contribution in [3.05, 3.63) is 41.0 Å². The third kappa shape index (κ3) is 3.17. The van der Waals surface area contributed by atoms with E-state index in [0.29, 0.717) is 18.0 Å². The number of nitrogens with zero attached hydrogens (tertiary/aromatic N) is 1. The van der Waals surface area contributed by atoms with Crippen molar-refractivity contribution in [3.8, 4) is 5.75 Å². The minimum absolute atomic E-state index is 0.541.